The van der Waals surface area contributed by atoms with Crippen LogP contribution < -0.4 is 5.43 Å². The number of ether oxygens (including phenoxy) is 2. The molecule has 3 unspecified atom stereocenters. The van der Waals surface area contributed by atoms with Crippen molar-refractivity contribution in [2.45, 2.75) is 90.9 Å². The van der Waals surface area contributed by atoms with E-state index in [-0.39, 0.29) is 24.2 Å². The van der Waals surface area contributed by atoms with Crippen molar-refractivity contribution < 1.29 is 19.1 Å². The molecule has 0 saturated carbocycles. The minimum atomic E-state index is -0.409. The molecule has 1 aliphatic heterocycles. The first-order chi connectivity index (χ1) is 11.0. The Morgan fingerprint density at radius 1 is 1.13 bits per heavy atom. The normalized spacial score (nSPS) is 21.3. The lowest BCUT2D eigenvalue weighted by molar-refractivity contribution is -0.148. The number of piperidine rings is 1. The Bertz CT molecular complexity index is 376. The zero-order valence-electron chi connectivity index (χ0n) is 15.0. The molecule has 134 valence electrons. The van der Waals surface area contributed by atoms with Crippen molar-refractivity contribution in [1.29, 1.82) is 0 Å². The second kappa shape index (κ2) is 10.5. The first-order valence-corrected chi connectivity index (χ1v) is 8.89. The highest BCUT2D eigenvalue weighted by molar-refractivity contribution is 5.69. The number of carbonyl (C=O) groups is 2. The number of hydrogen-bond donors (Lipinski definition) is 1. The Hall–Kier alpha value is -1.30. The fourth-order valence-electron chi connectivity index (χ4n) is 2.51. The maximum Gasteiger partial charge on any atom is 0.422 e. The molecule has 6 heteroatoms. The van der Waals surface area contributed by atoms with Gasteiger partial charge in [-0.05, 0) is 46.0 Å². The molecule has 0 bridgehead atoms. The maximum absolute atomic E-state index is 11.9. The number of rotatable bonds is 8. The summed E-state index contributed by atoms with van der Waals surface area (Å²) in [5.74, 6) is -0.160. The van der Waals surface area contributed by atoms with E-state index in [1.807, 2.05) is 32.7 Å². The highest BCUT2D eigenvalue weighted by atomic mass is 16.6. The quantitative estimate of drug-likeness (QED) is 0.692. The zero-order chi connectivity index (χ0) is 17.2. The van der Waals surface area contributed by atoms with E-state index in [0.29, 0.717) is 12.8 Å². The van der Waals surface area contributed by atoms with Crippen LogP contribution in [-0.2, 0) is 14.3 Å². The third-order valence-corrected chi connectivity index (χ3v) is 4.33. The highest BCUT2D eigenvalue weighted by Crippen LogP contribution is 2.19. The lowest BCUT2D eigenvalue weighted by Gasteiger charge is -2.35. The molecule has 1 aliphatic rings. The van der Waals surface area contributed by atoms with Crippen LogP contribution in [0.25, 0.3) is 0 Å². The van der Waals surface area contributed by atoms with Crippen LogP contribution >= 0.6 is 0 Å². The van der Waals surface area contributed by atoms with Gasteiger partial charge in [0.25, 0.3) is 0 Å². The van der Waals surface area contributed by atoms with Crippen molar-refractivity contribution in [3.05, 3.63) is 0 Å². The van der Waals surface area contributed by atoms with E-state index in [1.54, 1.807) is 0 Å². The van der Waals surface area contributed by atoms with Crippen LogP contribution in [0.3, 0.4) is 0 Å². The molecule has 6 nitrogen and oxygen atoms in total. The molecular formula is C17H32N2O4. The summed E-state index contributed by atoms with van der Waals surface area (Å²) < 4.78 is 10.6. The molecule has 1 saturated heterocycles. The van der Waals surface area contributed by atoms with Crippen molar-refractivity contribution >= 4 is 12.1 Å². The standard InChI is InChI=1S/C17H32N2O4/c1-5-13(3)22-16(20)11-10-15-9-7-8-12-19(15)18-17(21)23-14(4)6-2/h13-15H,5-12H2,1-4H3,(H,18,21). The van der Waals surface area contributed by atoms with Gasteiger partial charge in [-0.25, -0.2) is 9.80 Å². The molecule has 0 aromatic carbocycles. The number of carbonyl (C=O) groups excluding carboxylic acids is 2. The molecule has 1 fully saturated rings. The van der Waals surface area contributed by atoms with Crippen LogP contribution in [0.2, 0.25) is 0 Å². The number of nitrogens with one attached hydrogen (secondary N) is 1. The average Bonchev–Trinajstić information content (AvgIpc) is 2.53. The molecule has 0 spiro atoms. The molecule has 0 aliphatic carbocycles. The van der Waals surface area contributed by atoms with Crippen molar-refractivity contribution in [2.75, 3.05) is 6.54 Å². The summed E-state index contributed by atoms with van der Waals surface area (Å²) in [6, 6.07) is 0.165. The van der Waals surface area contributed by atoms with E-state index >= 15 is 0 Å². The third-order valence-electron chi connectivity index (χ3n) is 4.33. The Morgan fingerprint density at radius 3 is 2.43 bits per heavy atom. The molecule has 1 amide bonds. The van der Waals surface area contributed by atoms with Crippen molar-refractivity contribution in [3.63, 3.8) is 0 Å². The first kappa shape index (κ1) is 19.7. The number of hydrazine groups is 1. The Kier molecular flexibility index (Phi) is 8.99. The number of esters is 1. The topological polar surface area (TPSA) is 67.9 Å². The van der Waals surface area contributed by atoms with Crippen molar-refractivity contribution in [1.82, 2.24) is 10.4 Å². The monoisotopic (exact) mass is 328 g/mol. The van der Waals surface area contributed by atoms with Gasteiger partial charge in [0.15, 0.2) is 0 Å². The lowest BCUT2D eigenvalue weighted by atomic mass is 10.00. The van der Waals surface area contributed by atoms with Gasteiger partial charge in [-0.1, -0.05) is 20.3 Å². The van der Waals surface area contributed by atoms with Gasteiger partial charge in [0.05, 0.1) is 6.10 Å². The van der Waals surface area contributed by atoms with Crippen LogP contribution in [0, 0.1) is 0 Å². The molecule has 23 heavy (non-hydrogen) atoms. The molecule has 1 heterocycles. The second-order valence-corrected chi connectivity index (χ2v) is 6.33. The molecule has 0 aromatic heterocycles. The molecule has 1 rings (SSSR count). The van der Waals surface area contributed by atoms with Gasteiger partial charge in [0, 0.05) is 19.0 Å². The van der Waals surface area contributed by atoms with Gasteiger partial charge < -0.3 is 9.47 Å². The lowest BCUT2D eigenvalue weighted by Crippen LogP contribution is -2.51. The molecular weight excluding hydrogens is 296 g/mol. The smallest absolute Gasteiger partial charge is 0.422 e. The fourth-order valence-corrected chi connectivity index (χ4v) is 2.51. The summed E-state index contributed by atoms with van der Waals surface area (Å²) in [6.07, 6.45) is 5.28. The van der Waals surface area contributed by atoms with Crippen LogP contribution in [-0.4, -0.2) is 41.9 Å². The average molecular weight is 328 g/mol. The summed E-state index contributed by atoms with van der Waals surface area (Å²) in [5, 5.41) is 1.92. The number of amides is 1. The predicted octanol–water partition coefficient (Wildman–Crippen LogP) is 3.40. The maximum atomic E-state index is 11.9. The molecule has 0 aromatic rings. The summed E-state index contributed by atoms with van der Waals surface area (Å²) in [5.41, 5.74) is 2.83. The summed E-state index contributed by atoms with van der Waals surface area (Å²) in [7, 11) is 0. The van der Waals surface area contributed by atoms with E-state index in [1.165, 1.54) is 0 Å². The summed E-state index contributed by atoms with van der Waals surface area (Å²) in [4.78, 5) is 23.7. The van der Waals surface area contributed by atoms with Gasteiger partial charge in [-0.3, -0.25) is 10.2 Å². The van der Waals surface area contributed by atoms with Crippen LogP contribution in [0.5, 0.6) is 0 Å². The van der Waals surface area contributed by atoms with E-state index in [9.17, 15) is 9.59 Å². The Morgan fingerprint density at radius 2 is 1.78 bits per heavy atom. The fraction of sp³-hybridized carbons (Fsp3) is 0.882. The van der Waals surface area contributed by atoms with E-state index in [0.717, 1.165) is 38.6 Å². The van der Waals surface area contributed by atoms with Gasteiger partial charge in [0.1, 0.15) is 6.10 Å². The number of hydrogen-bond acceptors (Lipinski definition) is 5. The van der Waals surface area contributed by atoms with Gasteiger partial charge in [0.2, 0.25) is 0 Å². The zero-order valence-corrected chi connectivity index (χ0v) is 15.0. The van der Waals surface area contributed by atoms with Crippen molar-refractivity contribution in [3.8, 4) is 0 Å². The van der Waals surface area contributed by atoms with Gasteiger partial charge in [-0.2, -0.15) is 0 Å². The highest BCUT2D eigenvalue weighted by Gasteiger charge is 2.25. The molecule has 0 radical (unpaired) electrons. The van der Waals surface area contributed by atoms with E-state index < -0.39 is 6.09 Å². The van der Waals surface area contributed by atoms with Crippen molar-refractivity contribution in [2.24, 2.45) is 0 Å². The first-order valence-electron chi connectivity index (χ1n) is 8.89. The minimum Gasteiger partial charge on any atom is -0.463 e. The van der Waals surface area contributed by atoms with E-state index in [4.69, 9.17) is 9.47 Å². The van der Waals surface area contributed by atoms with Crippen LogP contribution in [0.1, 0.15) is 72.6 Å². The summed E-state index contributed by atoms with van der Waals surface area (Å²) >= 11 is 0. The number of nitrogens with zero attached hydrogens (tertiary/aromatic N) is 1. The largest absolute Gasteiger partial charge is 0.463 e. The van der Waals surface area contributed by atoms with Gasteiger partial charge in [-0.15, -0.1) is 0 Å². The predicted molar refractivity (Wildman–Crippen MR) is 88.8 cm³/mol. The molecule has 3 atom stereocenters. The second-order valence-electron chi connectivity index (χ2n) is 6.33. The molecule has 1 N–H and O–H groups in total. The minimum absolute atomic E-state index is 0.0337. The van der Waals surface area contributed by atoms with Crippen LogP contribution in [0.4, 0.5) is 4.79 Å². The van der Waals surface area contributed by atoms with E-state index in [2.05, 4.69) is 5.43 Å². The summed E-state index contributed by atoms with van der Waals surface area (Å²) in [6.45, 7) is 8.54. The Balaban J connectivity index is 2.42. The SMILES string of the molecule is CCC(C)OC(=O)CCC1CCCCN1NC(=O)OC(C)CC. The Labute approximate surface area is 139 Å². The van der Waals surface area contributed by atoms with Gasteiger partial charge >= 0.3 is 12.1 Å². The third kappa shape index (κ3) is 7.68. The van der Waals surface area contributed by atoms with Crippen LogP contribution in [0.15, 0.2) is 0 Å².